The van der Waals surface area contributed by atoms with Crippen molar-refractivity contribution in [2.24, 2.45) is 0 Å². The number of rotatable bonds is 4. The Kier molecular flexibility index (Phi) is 6.27. The van der Waals surface area contributed by atoms with Gasteiger partial charge >= 0.3 is 6.09 Å². The highest BCUT2D eigenvalue weighted by Crippen LogP contribution is 2.24. The average molecular weight is 352 g/mol. The third-order valence-electron chi connectivity index (χ3n) is 4.46. The Hall–Kier alpha value is -1.82. The van der Waals surface area contributed by atoms with Gasteiger partial charge in [-0.3, -0.25) is 0 Å². The van der Waals surface area contributed by atoms with Crippen molar-refractivity contribution in [1.82, 2.24) is 10.2 Å². The van der Waals surface area contributed by atoms with Gasteiger partial charge in [-0.1, -0.05) is 0 Å². The Morgan fingerprint density at radius 2 is 1.92 bits per heavy atom. The maximum atomic E-state index is 13.3. The topological polar surface area (TPSA) is 61.8 Å². The smallest absolute Gasteiger partial charge is 0.410 e. The van der Waals surface area contributed by atoms with E-state index in [4.69, 9.17) is 4.74 Å². The lowest BCUT2D eigenvalue weighted by Crippen LogP contribution is -2.44. The number of amides is 1. The Morgan fingerprint density at radius 3 is 2.48 bits per heavy atom. The van der Waals surface area contributed by atoms with Gasteiger partial charge in [0, 0.05) is 31.7 Å². The molecule has 2 N–H and O–H groups in total. The zero-order valence-electron chi connectivity index (χ0n) is 15.5. The SMILES string of the molecule is CN(C(=O)OC(C)(C)C)C1CCC(NCc2cc(O)cc(F)c2)CC1. The molecule has 5 nitrogen and oxygen atoms in total. The summed E-state index contributed by atoms with van der Waals surface area (Å²) >= 11 is 0. The van der Waals surface area contributed by atoms with E-state index in [1.165, 1.54) is 6.07 Å². The minimum absolute atomic E-state index is 0.0560. The van der Waals surface area contributed by atoms with E-state index in [0.717, 1.165) is 37.3 Å². The normalized spacial score (nSPS) is 21.0. The molecule has 0 unspecified atom stereocenters. The van der Waals surface area contributed by atoms with Crippen molar-refractivity contribution >= 4 is 6.09 Å². The molecule has 0 spiro atoms. The molecule has 0 aliphatic heterocycles. The minimum atomic E-state index is -0.485. The number of nitrogens with zero attached hydrogens (tertiary/aromatic N) is 1. The highest BCUT2D eigenvalue weighted by Gasteiger charge is 2.29. The van der Waals surface area contributed by atoms with Crippen LogP contribution in [-0.2, 0) is 11.3 Å². The van der Waals surface area contributed by atoms with Gasteiger partial charge in [-0.2, -0.15) is 0 Å². The highest BCUT2D eigenvalue weighted by molar-refractivity contribution is 5.68. The molecule has 0 aromatic heterocycles. The maximum absolute atomic E-state index is 13.3. The predicted octanol–water partition coefficient (Wildman–Crippen LogP) is 3.80. The van der Waals surface area contributed by atoms with Gasteiger partial charge in [-0.15, -0.1) is 0 Å². The van der Waals surface area contributed by atoms with E-state index in [9.17, 15) is 14.3 Å². The van der Waals surface area contributed by atoms with Gasteiger partial charge in [0.15, 0.2) is 0 Å². The molecule has 25 heavy (non-hydrogen) atoms. The highest BCUT2D eigenvalue weighted by atomic mass is 19.1. The molecule has 0 saturated heterocycles. The monoisotopic (exact) mass is 352 g/mol. The summed E-state index contributed by atoms with van der Waals surface area (Å²) in [5, 5.41) is 12.8. The second-order valence-electron chi connectivity index (χ2n) is 7.80. The molecular formula is C19H29FN2O3. The van der Waals surface area contributed by atoms with E-state index in [2.05, 4.69) is 5.32 Å². The van der Waals surface area contributed by atoms with Gasteiger partial charge in [0.05, 0.1) is 0 Å². The number of ether oxygens (including phenoxy) is 1. The second kappa shape index (κ2) is 8.04. The number of hydrogen-bond acceptors (Lipinski definition) is 4. The van der Waals surface area contributed by atoms with Crippen LogP contribution in [0.25, 0.3) is 0 Å². The van der Waals surface area contributed by atoms with Gasteiger partial charge < -0.3 is 20.1 Å². The van der Waals surface area contributed by atoms with E-state index in [0.29, 0.717) is 12.6 Å². The van der Waals surface area contributed by atoms with Crippen LogP contribution < -0.4 is 5.32 Å². The Bertz CT molecular complexity index is 573. The summed E-state index contributed by atoms with van der Waals surface area (Å²) in [6.45, 7) is 6.11. The third kappa shape index (κ3) is 6.20. The van der Waals surface area contributed by atoms with Gasteiger partial charge in [-0.05, 0) is 64.2 Å². The van der Waals surface area contributed by atoms with Gasteiger partial charge in [0.1, 0.15) is 17.2 Å². The molecule has 1 fully saturated rings. The van der Waals surface area contributed by atoms with E-state index in [1.807, 2.05) is 20.8 Å². The number of carbonyl (C=O) groups excluding carboxylic acids is 1. The first-order chi connectivity index (χ1) is 11.6. The van der Waals surface area contributed by atoms with Crippen molar-refractivity contribution in [3.8, 4) is 5.75 Å². The first-order valence-electron chi connectivity index (χ1n) is 8.81. The molecule has 1 saturated carbocycles. The summed E-state index contributed by atoms with van der Waals surface area (Å²) in [6, 6.07) is 4.60. The number of nitrogens with one attached hydrogen (secondary N) is 1. The molecular weight excluding hydrogens is 323 g/mol. The Balaban J connectivity index is 1.78. The standard InChI is InChI=1S/C19H29FN2O3/c1-19(2,3)25-18(24)22(4)16-7-5-15(6-8-16)21-12-13-9-14(20)11-17(23)10-13/h9-11,15-16,21,23H,5-8,12H2,1-4H3. The fourth-order valence-corrected chi connectivity index (χ4v) is 3.15. The van der Waals surface area contributed by atoms with E-state index in [-0.39, 0.29) is 17.9 Å². The lowest BCUT2D eigenvalue weighted by atomic mass is 9.90. The van der Waals surface area contributed by atoms with Crippen LogP contribution in [0.3, 0.4) is 0 Å². The first kappa shape index (κ1) is 19.5. The molecule has 0 heterocycles. The number of benzene rings is 1. The molecule has 2 rings (SSSR count). The molecule has 1 aliphatic carbocycles. The molecule has 6 heteroatoms. The largest absolute Gasteiger partial charge is 0.508 e. The zero-order chi connectivity index (χ0) is 18.6. The van der Waals surface area contributed by atoms with Crippen LogP contribution in [0, 0.1) is 5.82 Å². The van der Waals surface area contributed by atoms with Crippen molar-refractivity contribution < 1.29 is 19.0 Å². The minimum Gasteiger partial charge on any atom is -0.508 e. The van der Waals surface area contributed by atoms with Crippen molar-refractivity contribution in [1.29, 1.82) is 0 Å². The van der Waals surface area contributed by atoms with Gasteiger partial charge in [0.25, 0.3) is 0 Å². The summed E-state index contributed by atoms with van der Waals surface area (Å²) in [7, 11) is 1.79. The summed E-state index contributed by atoms with van der Waals surface area (Å²) in [5.41, 5.74) is 0.242. The first-order valence-corrected chi connectivity index (χ1v) is 8.81. The third-order valence-corrected chi connectivity index (χ3v) is 4.46. The number of carbonyl (C=O) groups is 1. The number of hydrogen-bond donors (Lipinski definition) is 2. The van der Waals surface area contributed by atoms with E-state index < -0.39 is 11.4 Å². The quantitative estimate of drug-likeness (QED) is 0.865. The molecule has 0 bridgehead atoms. The molecule has 0 atom stereocenters. The van der Waals surface area contributed by atoms with Crippen LogP contribution in [0.4, 0.5) is 9.18 Å². The fraction of sp³-hybridized carbons (Fsp3) is 0.632. The van der Waals surface area contributed by atoms with Gasteiger partial charge in [-0.25, -0.2) is 9.18 Å². The molecule has 1 aliphatic rings. The van der Waals surface area contributed by atoms with E-state index >= 15 is 0 Å². The molecule has 1 aromatic carbocycles. The fourth-order valence-electron chi connectivity index (χ4n) is 3.15. The molecule has 140 valence electrons. The van der Waals surface area contributed by atoms with Crippen LogP contribution in [0.2, 0.25) is 0 Å². The maximum Gasteiger partial charge on any atom is 0.410 e. The summed E-state index contributed by atoms with van der Waals surface area (Å²) in [4.78, 5) is 13.8. The number of phenolic OH excluding ortho intramolecular Hbond substituents is 1. The number of phenols is 1. The summed E-state index contributed by atoms with van der Waals surface area (Å²) < 4.78 is 18.7. The number of halogens is 1. The summed E-state index contributed by atoms with van der Waals surface area (Å²) in [6.07, 6.45) is 3.42. The van der Waals surface area contributed by atoms with Crippen LogP contribution in [-0.4, -0.2) is 40.8 Å². The molecule has 0 radical (unpaired) electrons. The van der Waals surface area contributed by atoms with Crippen LogP contribution in [0.1, 0.15) is 52.0 Å². The van der Waals surface area contributed by atoms with Crippen LogP contribution in [0.15, 0.2) is 18.2 Å². The lowest BCUT2D eigenvalue weighted by Gasteiger charge is -2.35. The molecule has 1 aromatic rings. The molecule has 1 amide bonds. The Morgan fingerprint density at radius 1 is 1.28 bits per heavy atom. The van der Waals surface area contributed by atoms with Crippen molar-refractivity contribution in [2.45, 2.75) is 70.7 Å². The van der Waals surface area contributed by atoms with Crippen molar-refractivity contribution in [2.75, 3.05) is 7.05 Å². The van der Waals surface area contributed by atoms with Crippen LogP contribution >= 0.6 is 0 Å². The van der Waals surface area contributed by atoms with Crippen molar-refractivity contribution in [3.63, 3.8) is 0 Å². The van der Waals surface area contributed by atoms with Crippen LogP contribution in [0.5, 0.6) is 5.75 Å². The average Bonchev–Trinajstić information content (AvgIpc) is 2.50. The lowest BCUT2D eigenvalue weighted by molar-refractivity contribution is 0.0179. The second-order valence-corrected chi connectivity index (χ2v) is 7.80. The number of aromatic hydroxyl groups is 1. The van der Waals surface area contributed by atoms with Gasteiger partial charge in [0.2, 0.25) is 0 Å². The van der Waals surface area contributed by atoms with E-state index in [1.54, 1.807) is 18.0 Å². The predicted molar refractivity (Wildman–Crippen MR) is 94.9 cm³/mol. The Labute approximate surface area is 149 Å². The zero-order valence-corrected chi connectivity index (χ0v) is 15.5. The van der Waals surface area contributed by atoms with Crippen molar-refractivity contribution in [3.05, 3.63) is 29.6 Å². The summed E-state index contributed by atoms with van der Waals surface area (Å²) in [5.74, 6) is -0.487.